The minimum absolute atomic E-state index is 0.0904. The fraction of sp³-hybridized carbons (Fsp3) is 0.440. The molecule has 2 amide bonds. The summed E-state index contributed by atoms with van der Waals surface area (Å²) in [4.78, 5) is 27.6. The second kappa shape index (κ2) is 11.9. The van der Waals surface area contributed by atoms with Gasteiger partial charge >= 0.3 is 0 Å². The number of benzene rings is 2. The van der Waals surface area contributed by atoms with Gasteiger partial charge in [0.1, 0.15) is 11.9 Å². The van der Waals surface area contributed by atoms with Crippen molar-refractivity contribution in [2.75, 3.05) is 12.3 Å². The summed E-state index contributed by atoms with van der Waals surface area (Å²) in [6.07, 6.45) is 4.99. The molecule has 0 radical (unpaired) electrons. The molecule has 6 heteroatoms. The van der Waals surface area contributed by atoms with E-state index < -0.39 is 6.04 Å². The lowest BCUT2D eigenvalue weighted by molar-refractivity contribution is -0.138. The topological polar surface area (TPSA) is 49.4 Å². The van der Waals surface area contributed by atoms with Crippen LogP contribution in [-0.2, 0) is 21.8 Å². The SMILES string of the molecule is CC(C(=O)NC1CCCC1)N(CCc1ccccc1)C(=O)CSCc1ccccc1F. The van der Waals surface area contributed by atoms with Crippen LogP contribution in [0.2, 0.25) is 0 Å². The van der Waals surface area contributed by atoms with Crippen LogP contribution in [0.25, 0.3) is 0 Å². The number of nitrogens with zero attached hydrogens (tertiary/aromatic N) is 1. The van der Waals surface area contributed by atoms with E-state index in [9.17, 15) is 14.0 Å². The molecule has 4 nitrogen and oxygen atoms in total. The molecule has 0 spiro atoms. The highest BCUT2D eigenvalue weighted by atomic mass is 32.2. The maximum Gasteiger partial charge on any atom is 0.242 e. The molecule has 0 aliphatic heterocycles. The molecule has 1 atom stereocenters. The highest BCUT2D eigenvalue weighted by Gasteiger charge is 2.28. The van der Waals surface area contributed by atoms with Crippen LogP contribution in [0.5, 0.6) is 0 Å². The predicted octanol–water partition coefficient (Wildman–Crippen LogP) is 4.58. The maximum absolute atomic E-state index is 13.8. The van der Waals surface area contributed by atoms with Crippen molar-refractivity contribution in [3.05, 3.63) is 71.5 Å². The Hall–Kier alpha value is -2.34. The Morgan fingerprint density at radius 2 is 1.77 bits per heavy atom. The standard InChI is InChI=1S/C25H31FN2O2S/c1-19(25(30)27-22-12-6-7-13-22)28(16-15-20-9-3-2-4-10-20)24(29)18-31-17-21-11-5-8-14-23(21)26/h2-5,8-11,14,19,22H,6-7,12-13,15-18H2,1H3,(H,27,30). The van der Waals surface area contributed by atoms with Gasteiger partial charge in [-0.1, -0.05) is 61.4 Å². The van der Waals surface area contributed by atoms with Gasteiger partial charge in [-0.15, -0.1) is 11.8 Å². The highest BCUT2D eigenvalue weighted by Crippen LogP contribution is 2.19. The first-order chi connectivity index (χ1) is 15.0. The molecular formula is C25H31FN2O2S. The lowest BCUT2D eigenvalue weighted by atomic mass is 10.1. The quantitative estimate of drug-likeness (QED) is 0.586. The Balaban J connectivity index is 1.60. The van der Waals surface area contributed by atoms with Crippen LogP contribution in [0.4, 0.5) is 4.39 Å². The summed E-state index contributed by atoms with van der Waals surface area (Å²) >= 11 is 1.38. The van der Waals surface area contributed by atoms with E-state index in [1.165, 1.54) is 17.8 Å². The molecular weight excluding hydrogens is 411 g/mol. The lowest BCUT2D eigenvalue weighted by Crippen LogP contribution is -2.51. The van der Waals surface area contributed by atoms with Crippen LogP contribution in [0.3, 0.4) is 0 Å². The first-order valence-corrected chi connectivity index (χ1v) is 12.1. The highest BCUT2D eigenvalue weighted by molar-refractivity contribution is 7.99. The van der Waals surface area contributed by atoms with Crippen molar-refractivity contribution in [1.82, 2.24) is 10.2 Å². The number of nitrogens with one attached hydrogen (secondary N) is 1. The fourth-order valence-electron chi connectivity index (χ4n) is 3.91. The zero-order valence-electron chi connectivity index (χ0n) is 18.1. The molecule has 1 aliphatic rings. The summed E-state index contributed by atoms with van der Waals surface area (Å²) in [5, 5.41) is 3.11. The van der Waals surface area contributed by atoms with Gasteiger partial charge in [-0.25, -0.2) is 4.39 Å². The van der Waals surface area contributed by atoms with E-state index in [0.29, 0.717) is 24.3 Å². The number of rotatable bonds is 10. The van der Waals surface area contributed by atoms with Gasteiger partial charge in [0.15, 0.2) is 0 Å². The fourth-order valence-corrected chi connectivity index (χ4v) is 4.81. The molecule has 0 heterocycles. The molecule has 1 saturated carbocycles. The number of amides is 2. The van der Waals surface area contributed by atoms with Crippen LogP contribution < -0.4 is 5.32 Å². The summed E-state index contributed by atoms with van der Waals surface area (Å²) < 4.78 is 13.8. The first kappa shape index (κ1) is 23.3. The Morgan fingerprint density at radius 1 is 1.10 bits per heavy atom. The number of halogens is 1. The number of carbonyl (C=O) groups is 2. The van der Waals surface area contributed by atoms with E-state index in [2.05, 4.69) is 5.32 Å². The monoisotopic (exact) mass is 442 g/mol. The first-order valence-electron chi connectivity index (χ1n) is 11.0. The van der Waals surface area contributed by atoms with E-state index in [1.54, 1.807) is 30.0 Å². The van der Waals surface area contributed by atoms with Gasteiger partial charge in [0.2, 0.25) is 11.8 Å². The van der Waals surface area contributed by atoms with Crippen LogP contribution in [-0.4, -0.2) is 41.1 Å². The smallest absolute Gasteiger partial charge is 0.242 e. The third-order valence-corrected chi connectivity index (χ3v) is 6.76. The van der Waals surface area contributed by atoms with Gasteiger partial charge in [0, 0.05) is 18.3 Å². The summed E-state index contributed by atoms with van der Waals surface area (Å²) in [5.74, 6) is 0.198. The van der Waals surface area contributed by atoms with Crippen LogP contribution in [0.1, 0.15) is 43.7 Å². The molecule has 0 aromatic heterocycles. The number of carbonyl (C=O) groups excluding carboxylic acids is 2. The lowest BCUT2D eigenvalue weighted by Gasteiger charge is -2.29. The van der Waals surface area contributed by atoms with Crippen molar-refractivity contribution >= 4 is 23.6 Å². The average Bonchev–Trinajstić information content (AvgIpc) is 3.29. The molecule has 2 aromatic rings. The third-order valence-electron chi connectivity index (χ3n) is 5.79. The minimum atomic E-state index is -0.536. The van der Waals surface area contributed by atoms with Gasteiger partial charge in [-0.2, -0.15) is 0 Å². The van der Waals surface area contributed by atoms with Crippen molar-refractivity contribution in [3.63, 3.8) is 0 Å². The largest absolute Gasteiger partial charge is 0.352 e. The van der Waals surface area contributed by atoms with Crippen LogP contribution in [0, 0.1) is 5.82 Å². The Bertz CT molecular complexity index is 856. The van der Waals surface area contributed by atoms with Crippen LogP contribution >= 0.6 is 11.8 Å². The van der Waals surface area contributed by atoms with Crippen molar-refractivity contribution in [2.45, 2.75) is 56.9 Å². The number of hydrogen-bond donors (Lipinski definition) is 1. The third kappa shape index (κ3) is 7.10. The van der Waals surface area contributed by atoms with Crippen LogP contribution in [0.15, 0.2) is 54.6 Å². The molecule has 0 saturated heterocycles. The zero-order chi connectivity index (χ0) is 22.1. The van der Waals surface area contributed by atoms with E-state index in [0.717, 1.165) is 31.2 Å². The second-order valence-corrected chi connectivity index (χ2v) is 9.06. The molecule has 2 aromatic carbocycles. The predicted molar refractivity (Wildman–Crippen MR) is 124 cm³/mol. The Kier molecular flexibility index (Phi) is 8.95. The van der Waals surface area contributed by atoms with Gasteiger partial charge in [-0.3, -0.25) is 9.59 Å². The molecule has 1 aliphatic carbocycles. The summed E-state index contributed by atoms with van der Waals surface area (Å²) in [6.45, 7) is 2.27. The average molecular weight is 443 g/mol. The summed E-state index contributed by atoms with van der Waals surface area (Å²) in [6, 6.07) is 16.3. The van der Waals surface area contributed by atoms with Crippen molar-refractivity contribution in [3.8, 4) is 0 Å². The molecule has 1 unspecified atom stereocenters. The van der Waals surface area contributed by atoms with Gasteiger partial charge in [0.25, 0.3) is 0 Å². The minimum Gasteiger partial charge on any atom is -0.352 e. The zero-order valence-corrected chi connectivity index (χ0v) is 18.9. The van der Waals surface area contributed by atoms with Crippen molar-refractivity contribution in [2.24, 2.45) is 0 Å². The molecule has 3 rings (SSSR count). The molecule has 31 heavy (non-hydrogen) atoms. The molecule has 166 valence electrons. The van der Waals surface area contributed by atoms with E-state index in [4.69, 9.17) is 0 Å². The Morgan fingerprint density at radius 3 is 2.48 bits per heavy atom. The summed E-state index contributed by atoms with van der Waals surface area (Å²) in [7, 11) is 0. The summed E-state index contributed by atoms with van der Waals surface area (Å²) in [5.41, 5.74) is 1.71. The Labute approximate surface area is 188 Å². The maximum atomic E-state index is 13.8. The van der Waals surface area contributed by atoms with E-state index in [1.807, 2.05) is 30.3 Å². The molecule has 1 fully saturated rings. The van der Waals surface area contributed by atoms with Gasteiger partial charge < -0.3 is 10.2 Å². The number of thioether (sulfide) groups is 1. The molecule has 0 bridgehead atoms. The second-order valence-electron chi connectivity index (χ2n) is 8.07. The van der Waals surface area contributed by atoms with E-state index >= 15 is 0 Å². The van der Waals surface area contributed by atoms with Gasteiger partial charge in [0.05, 0.1) is 5.75 Å². The van der Waals surface area contributed by atoms with Crippen molar-refractivity contribution < 1.29 is 14.0 Å². The van der Waals surface area contributed by atoms with E-state index in [-0.39, 0.29) is 29.4 Å². The molecule has 1 N–H and O–H groups in total. The van der Waals surface area contributed by atoms with Gasteiger partial charge in [-0.05, 0) is 43.4 Å². The van der Waals surface area contributed by atoms with Crippen molar-refractivity contribution in [1.29, 1.82) is 0 Å². The normalized spacial score (nSPS) is 14.9. The number of hydrogen-bond acceptors (Lipinski definition) is 3.